The van der Waals surface area contributed by atoms with E-state index in [2.05, 4.69) is 31.6 Å². The van der Waals surface area contributed by atoms with Crippen LogP contribution in [0.4, 0.5) is 21.0 Å². The largest absolute Gasteiger partial charge is 0.480 e. The quantitative estimate of drug-likeness (QED) is 0.110. The Morgan fingerprint density at radius 1 is 0.739 bits per heavy atom. The van der Waals surface area contributed by atoms with E-state index >= 15 is 0 Å². The van der Waals surface area contributed by atoms with Gasteiger partial charge < -0.3 is 48.3 Å². The zero-order valence-electron chi connectivity index (χ0n) is 25.5. The first-order valence-electron chi connectivity index (χ1n) is 13.9. The third-order valence-corrected chi connectivity index (χ3v) is 6.24. The molecule has 0 bridgehead atoms. The number of benzene rings is 3. The van der Waals surface area contributed by atoms with Crippen LogP contribution in [0.5, 0.6) is 0 Å². The van der Waals surface area contributed by atoms with Crippen molar-refractivity contribution in [1.29, 1.82) is 0 Å². The molecule has 46 heavy (non-hydrogen) atoms. The van der Waals surface area contributed by atoms with Gasteiger partial charge in [-0.25, -0.2) is 24.2 Å². The number of nitrogens with one attached hydrogen (secondary N) is 5. The lowest BCUT2D eigenvalue weighted by atomic mass is 10.0. The van der Waals surface area contributed by atoms with Gasteiger partial charge >= 0.3 is 24.0 Å². The van der Waals surface area contributed by atoms with Gasteiger partial charge in [0, 0.05) is 38.2 Å². The predicted octanol–water partition coefficient (Wildman–Crippen LogP) is 1.69. The predicted molar refractivity (Wildman–Crippen MR) is 173 cm³/mol. The number of carbonyl (C=O) groups excluding carboxylic acids is 3. The molecule has 0 aliphatic rings. The summed E-state index contributed by atoms with van der Waals surface area (Å²) in [7, 11) is 2.85. The summed E-state index contributed by atoms with van der Waals surface area (Å²) >= 11 is 0. The number of amides is 5. The molecule has 3 aromatic carbocycles. The molecule has 0 aromatic heterocycles. The SMILES string of the molecule is CNC(=O)NC(Cc1ccc(C)cc1)C(=O)O.CNC(=O)NC(Cc1ccc(NC(=O)c2cccc(N=C(N)N)c2)cc1)C(=O)O. The Morgan fingerprint density at radius 3 is 1.65 bits per heavy atom. The fourth-order valence-electron chi connectivity index (χ4n) is 3.85. The summed E-state index contributed by atoms with van der Waals surface area (Å²) < 4.78 is 0. The molecular formula is C31H38N8O7. The minimum absolute atomic E-state index is 0.0948. The van der Waals surface area contributed by atoms with Crippen molar-refractivity contribution in [3.8, 4) is 0 Å². The second-order valence-corrected chi connectivity index (χ2v) is 9.86. The highest BCUT2D eigenvalue weighted by molar-refractivity contribution is 6.04. The van der Waals surface area contributed by atoms with E-state index in [1.807, 2.05) is 31.2 Å². The molecule has 244 valence electrons. The summed E-state index contributed by atoms with van der Waals surface area (Å²) in [5.74, 6) is -2.65. The van der Waals surface area contributed by atoms with Gasteiger partial charge in [0.05, 0.1) is 5.69 Å². The van der Waals surface area contributed by atoms with Crippen LogP contribution in [0.3, 0.4) is 0 Å². The minimum Gasteiger partial charge on any atom is -0.480 e. The second kappa shape index (κ2) is 17.9. The van der Waals surface area contributed by atoms with Gasteiger partial charge in [-0.05, 0) is 48.4 Å². The number of anilines is 1. The molecule has 0 saturated heterocycles. The Kier molecular flexibility index (Phi) is 14.0. The molecule has 5 amide bonds. The molecule has 15 heteroatoms. The van der Waals surface area contributed by atoms with Crippen LogP contribution in [0.2, 0.25) is 0 Å². The molecule has 0 fully saturated rings. The van der Waals surface area contributed by atoms with Crippen LogP contribution in [0.1, 0.15) is 27.0 Å². The van der Waals surface area contributed by atoms with E-state index in [4.69, 9.17) is 16.6 Å². The van der Waals surface area contributed by atoms with Gasteiger partial charge in [0.15, 0.2) is 5.96 Å². The van der Waals surface area contributed by atoms with Gasteiger partial charge in [-0.15, -0.1) is 0 Å². The van der Waals surface area contributed by atoms with Crippen molar-refractivity contribution in [3.05, 3.63) is 95.1 Å². The lowest BCUT2D eigenvalue weighted by molar-refractivity contribution is -0.140. The number of hydrogen-bond donors (Lipinski definition) is 9. The van der Waals surface area contributed by atoms with Crippen molar-refractivity contribution < 1.29 is 34.2 Å². The number of aryl methyl sites for hydroxylation is 1. The van der Waals surface area contributed by atoms with Crippen molar-refractivity contribution >= 4 is 47.2 Å². The topological polar surface area (TPSA) is 250 Å². The Labute approximate surface area is 265 Å². The van der Waals surface area contributed by atoms with E-state index in [-0.39, 0.29) is 24.7 Å². The van der Waals surface area contributed by atoms with Crippen molar-refractivity contribution in [2.45, 2.75) is 31.8 Å². The monoisotopic (exact) mass is 634 g/mol. The zero-order valence-corrected chi connectivity index (χ0v) is 25.5. The summed E-state index contributed by atoms with van der Waals surface area (Å²) in [5.41, 5.74) is 14.7. The summed E-state index contributed by atoms with van der Waals surface area (Å²) in [6.07, 6.45) is 0.362. The van der Waals surface area contributed by atoms with E-state index in [9.17, 15) is 29.1 Å². The number of carboxylic acids is 2. The van der Waals surface area contributed by atoms with E-state index in [0.29, 0.717) is 22.5 Å². The average Bonchev–Trinajstić information content (AvgIpc) is 3.02. The zero-order chi connectivity index (χ0) is 34.2. The third-order valence-electron chi connectivity index (χ3n) is 6.24. The minimum atomic E-state index is -1.15. The van der Waals surface area contributed by atoms with Crippen LogP contribution in [0.25, 0.3) is 0 Å². The standard InChI is InChI=1S/C19H22N6O4.C12H16N2O3/c1-22-19(29)25-15(17(27)28)9-11-5-7-13(8-6-11)23-16(26)12-3-2-4-14(10-12)24-18(20)21;1-8-3-5-9(6-4-8)7-10(11(15)16)14-12(17)13-2/h2-8,10,15H,9H2,1H3,(H,23,26)(H,27,28)(H4,20,21,24)(H2,22,25,29);3-6,10H,7H2,1-2H3,(H,15,16)(H2,13,14,17). The van der Waals surface area contributed by atoms with Crippen LogP contribution >= 0.6 is 0 Å². The average molecular weight is 635 g/mol. The molecule has 11 N–H and O–H groups in total. The van der Waals surface area contributed by atoms with Gasteiger partial charge in [-0.2, -0.15) is 0 Å². The molecule has 0 heterocycles. The first-order valence-corrected chi connectivity index (χ1v) is 13.9. The van der Waals surface area contributed by atoms with Crippen LogP contribution in [0.15, 0.2) is 77.8 Å². The van der Waals surface area contributed by atoms with E-state index < -0.39 is 36.1 Å². The Bertz CT molecular complexity index is 1540. The summed E-state index contributed by atoms with van der Waals surface area (Å²) in [5, 5.41) is 30.3. The number of guanidine groups is 1. The highest BCUT2D eigenvalue weighted by atomic mass is 16.4. The molecule has 0 aliphatic heterocycles. The van der Waals surface area contributed by atoms with E-state index in [1.165, 1.54) is 14.1 Å². The normalized spacial score (nSPS) is 11.3. The number of aliphatic carboxylic acids is 2. The number of urea groups is 2. The Morgan fingerprint density at radius 2 is 1.22 bits per heavy atom. The number of hydrogen-bond acceptors (Lipinski definition) is 6. The molecule has 3 rings (SSSR count). The van der Waals surface area contributed by atoms with Crippen molar-refractivity contribution in [2.24, 2.45) is 16.5 Å². The number of carboxylic acid groups (broad SMARTS) is 2. The maximum absolute atomic E-state index is 12.4. The molecule has 2 atom stereocenters. The smallest absolute Gasteiger partial charge is 0.326 e. The summed E-state index contributed by atoms with van der Waals surface area (Å²) in [6.45, 7) is 1.96. The van der Waals surface area contributed by atoms with Gasteiger partial charge in [-0.3, -0.25) is 4.79 Å². The highest BCUT2D eigenvalue weighted by Crippen LogP contribution is 2.17. The fraction of sp³-hybridized carbons (Fsp3) is 0.226. The van der Waals surface area contributed by atoms with E-state index in [1.54, 1.807) is 48.5 Å². The number of aliphatic imine (C=N–C) groups is 1. The highest BCUT2D eigenvalue weighted by Gasteiger charge is 2.21. The number of carbonyl (C=O) groups is 5. The molecule has 0 spiro atoms. The van der Waals surface area contributed by atoms with Crippen molar-refractivity contribution in [3.63, 3.8) is 0 Å². The van der Waals surface area contributed by atoms with Crippen molar-refractivity contribution in [2.75, 3.05) is 19.4 Å². The maximum Gasteiger partial charge on any atom is 0.326 e. The summed E-state index contributed by atoms with van der Waals surface area (Å²) in [6, 6.07) is 17.6. The van der Waals surface area contributed by atoms with Crippen LogP contribution in [-0.2, 0) is 22.4 Å². The van der Waals surface area contributed by atoms with Crippen LogP contribution in [-0.4, -0.2) is 72.3 Å². The number of nitrogens with zero attached hydrogens (tertiary/aromatic N) is 1. The van der Waals surface area contributed by atoms with Gasteiger partial charge in [0.2, 0.25) is 0 Å². The Balaban J connectivity index is 0.000000368. The third kappa shape index (κ3) is 12.6. The molecule has 15 nitrogen and oxygen atoms in total. The first-order chi connectivity index (χ1) is 21.8. The number of nitrogens with two attached hydrogens (primary N) is 2. The fourth-order valence-corrected chi connectivity index (χ4v) is 3.85. The second-order valence-electron chi connectivity index (χ2n) is 9.86. The molecule has 0 saturated carbocycles. The lowest BCUT2D eigenvalue weighted by Crippen LogP contribution is -2.46. The summed E-state index contributed by atoms with van der Waals surface area (Å²) in [4.78, 5) is 61.0. The van der Waals surface area contributed by atoms with Crippen LogP contribution < -0.4 is 38.1 Å². The van der Waals surface area contributed by atoms with E-state index in [0.717, 1.165) is 11.1 Å². The molecule has 0 aliphatic carbocycles. The molecule has 0 radical (unpaired) electrons. The molecule has 2 unspecified atom stereocenters. The van der Waals surface area contributed by atoms with Crippen LogP contribution in [0, 0.1) is 6.92 Å². The molecular weight excluding hydrogens is 596 g/mol. The van der Waals surface area contributed by atoms with Gasteiger partial charge in [0.25, 0.3) is 5.91 Å². The first kappa shape index (κ1) is 36.1. The Hall–Kier alpha value is -6.12. The van der Waals surface area contributed by atoms with Gasteiger partial charge in [-0.1, -0.05) is 48.0 Å². The van der Waals surface area contributed by atoms with Gasteiger partial charge in [0.1, 0.15) is 12.1 Å². The maximum atomic E-state index is 12.4. The number of rotatable bonds is 11. The van der Waals surface area contributed by atoms with Crippen molar-refractivity contribution in [1.82, 2.24) is 21.3 Å². The molecule has 3 aromatic rings. The lowest BCUT2D eigenvalue weighted by Gasteiger charge is -2.14.